The van der Waals surface area contributed by atoms with E-state index < -0.39 is 0 Å². The van der Waals surface area contributed by atoms with Gasteiger partial charge in [-0.2, -0.15) is 0 Å². The molecule has 0 radical (unpaired) electrons. The molecule has 2 N–H and O–H groups in total. The lowest BCUT2D eigenvalue weighted by Gasteiger charge is -2.16. The molecule has 0 aromatic rings. The summed E-state index contributed by atoms with van der Waals surface area (Å²) in [6.45, 7) is 6.10. The largest absolute Gasteiger partial charge is 0.372 e. The van der Waals surface area contributed by atoms with E-state index in [1.807, 2.05) is 21.0 Å². The summed E-state index contributed by atoms with van der Waals surface area (Å²) < 4.78 is 4.98. The molecule has 5 nitrogen and oxygen atoms in total. The number of ether oxygens (including phenoxy) is 1. The van der Waals surface area contributed by atoms with Crippen LogP contribution in [-0.4, -0.2) is 64.3 Å². The fourth-order valence-corrected chi connectivity index (χ4v) is 1.05. The molecular formula is C10H23N3O2. The third kappa shape index (κ3) is 9.65. The quantitative estimate of drug-likeness (QED) is 0.536. The van der Waals surface area contributed by atoms with Gasteiger partial charge in [0.2, 0.25) is 5.91 Å². The lowest BCUT2D eigenvalue weighted by Crippen LogP contribution is -2.37. The highest BCUT2D eigenvalue weighted by Gasteiger charge is 2.01. The molecule has 0 aliphatic carbocycles. The van der Waals surface area contributed by atoms with E-state index in [-0.39, 0.29) is 12.5 Å². The van der Waals surface area contributed by atoms with Gasteiger partial charge in [0.05, 0.1) is 0 Å². The number of carbonyl (C=O) groups excluding carboxylic acids is 1. The molecule has 0 aliphatic rings. The smallest absolute Gasteiger partial charge is 0.246 e. The highest BCUT2D eigenvalue weighted by molar-refractivity contribution is 5.77. The molecule has 5 heteroatoms. The van der Waals surface area contributed by atoms with Crippen molar-refractivity contribution in [2.45, 2.75) is 6.92 Å². The Labute approximate surface area is 92.2 Å². The van der Waals surface area contributed by atoms with Crippen molar-refractivity contribution >= 4 is 5.91 Å². The van der Waals surface area contributed by atoms with Gasteiger partial charge in [0, 0.05) is 32.8 Å². The van der Waals surface area contributed by atoms with Crippen LogP contribution in [0.5, 0.6) is 0 Å². The number of hydrogen-bond donors (Lipinski definition) is 2. The summed E-state index contributed by atoms with van der Waals surface area (Å²) >= 11 is 0. The van der Waals surface area contributed by atoms with Crippen molar-refractivity contribution in [3.05, 3.63) is 0 Å². The maximum Gasteiger partial charge on any atom is 0.246 e. The van der Waals surface area contributed by atoms with Crippen molar-refractivity contribution in [3.8, 4) is 0 Å². The zero-order valence-electron chi connectivity index (χ0n) is 10.0. The third-order valence-corrected chi connectivity index (χ3v) is 2.00. The summed E-state index contributed by atoms with van der Waals surface area (Å²) in [5.74, 6) is -0.0427. The van der Waals surface area contributed by atoms with Gasteiger partial charge in [-0.1, -0.05) is 0 Å². The van der Waals surface area contributed by atoms with Crippen LogP contribution >= 0.6 is 0 Å². The van der Waals surface area contributed by atoms with E-state index in [4.69, 9.17) is 4.74 Å². The van der Waals surface area contributed by atoms with Gasteiger partial charge < -0.3 is 20.3 Å². The first-order valence-corrected chi connectivity index (χ1v) is 5.38. The molecule has 0 heterocycles. The molecule has 0 fully saturated rings. The average Bonchev–Trinajstić information content (AvgIpc) is 2.23. The number of hydrogen-bond acceptors (Lipinski definition) is 4. The molecule has 0 aromatic carbocycles. The zero-order chi connectivity index (χ0) is 11.5. The second-order valence-corrected chi connectivity index (χ2v) is 3.39. The average molecular weight is 217 g/mol. The van der Waals surface area contributed by atoms with Gasteiger partial charge in [0.25, 0.3) is 0 Å². The van der Waals surface area contributed by atoms with Crippen molar-refractivity contribution in [2.75, 3.05) is 53.5 Å². The van der Waals surface area contributed by atoms with Crippen LogP contribution < -0.4 is 10.6 Å². The van der Waals surface area contributed by atoms with E-state index in [1.165, 1.54) is 0 Å². The van der Waals surface area contributed by atoms with Crippen LogP contribution in [0.3, 0.4) is 0 Å². The zero-order valence-corrected chi connectivity index (χ0v) is 10.0. The minimum atomic E-state index is -0.0427. The first-order chi connectivity index (χ1) is 7.20. The summed E-state index contributed by atoms with van der Waals surface area (Å²) in [6.07, 6.45) is 0. The van der Waals surface area contributed by atoms with Gasteiger partial charge >= 0.3 is 0 Å². The summed E-state index contributed by atoms with van der Waals surface area (Å²) in [4.78, 5) is 13.3. The van der Waals surface area contributed by atoms with Crippen molar-refractivity contribution in [3.63, 3.8) is 0 Å². The van der Waals surface area contributed by atoms with Gasteiger partial charge in [-0.3, -0.25) is 4.79 Å². The fourth-order valence-electron chi connectivity index (χ4n) is 1.05. The second-order valence-electron chi connectivity index (χ2n) is 3.39. The summed E-state index contributed by atoms with van der Waals surface area (Å²) in [5.41, 5.74) is 0. The molecule has 0 aromatic heterocycles. The van der Waals surface area contributed by atoms with Gasteiger partial charge in [-0.05, 0) is 21.0 Å². The summed E-state index contributed by atoms with van der Waals surface area (Å²) in [5, 5.41) is 5.88. The van der Waals surface area contributed by atoms with E-state index in [2.05, 4.69) is 15.5 Å². The molecule has 15 heavy (non-hydrogen) atoms. The van der Waals surface area contributed by atoms with Crippen LogP contribution in [0.2, 0.25) is 0 Å². The predicted molar refractivity (Wildman–Crippen MR) is 60.9 cm³/mol. The van der Waals surface area contributed by atoms with Crippen molar-refractivity contribution in [1.29, 1.82) is 0 Å². The van der Waals surface area contributed by atoms with Crippen molar-refractivity contribution < 1.29 is 9.53 Å². The Hall–Kier alpha value is -0.650. The van der Waals surface area contributed by atoms with Gasteiger partial charge in [-0.15, -0.1) is 0 Å². The van der Waals surface area contributed by atoms with Crippen molar-refractivity contribution in [1.82, 2.24) is 15.5 Å². The molecule has 0 spiro atoms. The highest BCUT2D eigenvalue weighted by atomic mass is 16.5. The third-order valence-electron chi connectivity index (χ3n) is 2.00. The van der Waals surface area contributed by atoms with Crippen molar-refractivity contribution in [2.24, 2.45) is 0 Å². The number of carbonyl (C=O) groups is 1. The number of rotatable bonds is 9. The first-order valence-electron chi connectivity index (χ1n) is 5.38. The van der Waals surface area contributed by atoms with Gasteiger partial charge in [0.15, 0.2) is 0 Å². The molecule has 0 saturated carbocycles. The van der Waals surface area contributed by atoms with E-state index in [9.17, 15) is 4.79 Å². The topological polar surface area (TPSA) is 53.6 Å². The molecule has 0 atom stereocenters. The SMILES string of the molecule is CCOCC(=O)NCCN(C)CCNC. The van der Waals surface area contributed by atoms with Crippen LogP contribution in [0.4, 0.5) is 0 Å². The Morgan fingerprint density at radius 2 is 2.00 bits per heavy atom. The Morgan fingerprint density at radius 3 is 2.60 bits per heavy atom. The van der Waals surface area contributed by atoms with Gasteiger partial charge in [-0.25, -0.2) is 0 Å². The van der Waals surface area contributed by atoms with Crippen LogP contribution in [0.25, 0.3) is 0 Å². The number of nitrogens with zero attached hydrogens (tertiary/aromatic N) is 1. The number of nitrogens with one attached hydrogen (secondary N) is 2. The standard InChI is InChI=1S/C10H23N3O2/c1-4-15-9-10(14)12-6-8-13(3)7-5-11-2/h11H,4-9H2,1-3H3,(H,12,14). The van der Waals surface area contributed by atoms with E-state index >= 15 is 0 Å². The lowest BCUT2D eigenvalue weighted by molar-refractivity contribution is -0.125. The molecule has 0 unspecified atom stereocenters. The fraction of sp³-hybridized carbons (Fsp3) is 0.900. The van der Waals surface area contributed by atoms with E-state index in [0.717, 1.165) is 19.6 Å². The Balaban J connectivity index is 3.31. The minimum absolute atomic E-state index is 0.0427. The predicted octanol–water partition coefficient (Wildman–Crippen LogP) is -0.710. The highest BCUT2D eigenvalue weighted by Crippen LogP contribution is 1.79. The Bertz CT molecular complexity index is 165. The number of amides is 1. The molecule has 90 valence electrons. The minimum Gasteiger partial charge on any atom is -0.372 e. The Morgan fingerprint density at radius 1 is 1.33 bits per heavy atom. The molecular weight excluding hydrogens is 194 g/mol. The van der Waals surface area contributed by atoms with Crippen LogP contribution in [0, 0.1) is 0 Å². The molecule has 0 rings (SSSR count). The van der Waals surface area contributed by atoms with Crippen LogP contribution in [-0.2, 0) is 9.53 Å². The summed E-state index contributed by atoms with van der Waals surface area (Å²) in [7, 11) is 3.96. The molecule has 0 aliphatic heterocycles. The maximum atomic E-state index is 11.1. The summed E-state index contributed by atoms with van der Waals surface area (Å²) in [6, 6.07) is 0. The van der Waals surface area contributed by atoms with E-state index in [0.29, 0.717) is 13.2 Å². The lowest BCUT2D eigenvalue weighted by atomic mass is 10.5. The first kappa shape index (κ1) is 14.3. The molecule has 0 saturated heterocycles. The van der Waals surface area contributed by atoms with Crippen LogP contribution in [0.1, 0.15) is 6.92 Å². The Kier molecular flexibility index (Phi) is 9.46. The van der Waals surface area contributed by atoms with Crippen LogP contribution in [0.15, 0.2) is 0 Å². The molecule has 0 bridgehead atoms. The normalized spacial score (nSPS) is 10.7. The monoisotopic (exact) mass is 217 g/mol. The van der Waals surface area contributed by atoms with E-state index in [1.54, 1.807) is 0 Å². The molecule has 1 amide bonds. The number of likely N-dealkylation sites (N-methyl/N-ethyl adjacent to an activating group) is 2. The second kappa shape index (κ2) is 9.89. The maximum absolute atomic E-state index is 11.1. The van der Waals surface area contributed by atoms with Gasteiger partial charge in [0.1, 0.15) is 6.61 Å².